The second-order valence-corrected chi connectivity index (χ2v) is 3.53. The van der Waals surface area contributed by atoms with Crippen LogP contribution in [0.2, 0.25) is 0 Å². The number of H-pyrrole nitrogens is 1. The van der Waals surface area contributed by atoms with Gasteiger partial charge in [-0.2, -0.15) is 5.10 Å². The summed E-state index contributed by atoms with van der Waals surface area (Å²) in [6.07, 6.45) is 4.80. The Morgan fingerprint density at radius 3 is 3.06 bits per heavy atom. The van der Waals surface area contributed by atoms with E-state index in [-0.39, 0.29) is 11.9 Å². The number of hydrogen-bond donors (Lipinski definition) is 2. The van der Waals surface area contributed by atoms with Crippen molar-refractivity contribution in [2.24, 2.45) is 0 Å². The molecule has 0 saturated heterocycles. The fourth-order valence-electron chi connectivity index (χ4n) is 1.47. The van der Waals surface area contributed by atoms with Crippen LogP contribution in [0.1, 0.15) is 18.5 Å². The molecule has 0 radical (unpaired) electrons. The minimum atomic E-state index is -0.510. The molecule has 88 valence electrons. The number of hydrogen-bond acceptors (Lipinski definition) is 5. The van der Waals surface area contributed by atoms with Gasteiger partial charge in [-0.1, -0.05) is 0 Å². The first-order valence-electron chi connectivity index (χ1n) is 5.03. The van der Waals surface area contributed by atoms with Crippen molar-refractivity contribution in [2.45, 2.75) is 13.0 Å². The molecule has 2 aromatic heterocycles. The van der Waals surface area contributed by atoms with Crippen LogP contribution in [0, 0.1) is 10.1 Å². The molecule has 0 aliphatic carbocycles. The van der Waals surface area contributed by atoms with E-state index >= 15 is 0 Å². The zero-order chi connectivity index (χ0) is 12.3. The van der Waals surface area contributed by atoms with Crippen molar-refractivity contribution in [3.8, 4) is 0 Å². The van der Waals surface area contributed by atoms with Crippen LogP contribution in [0.5, 0.6) is 0 Å². The number of nitrogens with one attached hydrogen (secondary N) is 2. The Labute approximate surface area is 97.0 Å². The minimum Gasteiger partial charge on any atom is -0.372 e. The molecule has 2 aromatic rings. The highest BCUT2D eigenvalue weighted by Crippen LogP contribution is 2.24. The van der Waals surface area contributed by atoms with Crippen molar-refractivity contribution in [3.05, 3.63) is 46.4 Å². The summed E-state index contributed by atoms with van der Waals surface area (Å²) in [4.78, 5) is 14.0. The Morgan fingerprint density at radius 1 is 1.59 bits per heavy atom. The second kappa shape index (κ2) is 4.60. The molecule has 2 N–H and O–H groups in total. The molecule has 2 heterocycles. The molecule has 2 rings (SSSR count). The van der Waals surface area contributed by atoms with Gasteiger partial charge in [-0.25, -0.2) is 0 Å². The van der Waals surface area contributed by atoms with Crippen molar-refractivity contribution in [1.29, 1.82) is 0 Å². The van der Waals surface area contributed by atoms with Gasteiger partial charge in [0.15, 0.2) is 0 Å². The molecule has 0 aliphatic rings. The van der Waals surface area contributed by atoms with Crippen LogP contribution >= 0.6 is 0 Å². The molecule has 7 heteroatoms. The standard InChI is InChI=1S/C10H11N5O2/c1-7(8-5-12-13-6-8)14-9-3-2-4-11-10(9)15(16)17/h2-7,14H,1H3,(H,12,13). The van der Waals surface area contributed by atoms with E-state index in [1.807, 2.05) is 6.92 Å². The van der Waals surface area contributed by atoms with Crippen molar-refractivity contribution in [1.82, 2.24) is 15.2 Å². The Bertz CT molecular complexity index is 511. The predicted molar refractivity (Wildman–Crippen MR) is 61.5 cm³/mol. The Morgan fingerprint density at radius 2 is 2.41 bits per heavy atom. The molecule has 0 aliphatic heterocycles. The van der Waals surface area contributed by atoms with Crippen LogP contribution in [-0.4, -0.2) is 20.1 Å². The molecule has 1 unspecified atom stereocenters. The smallest absolute Gasteiger partial charge is 0.372 e. The van der Waals surface area contributed by atoms with E-state index in [0.717, 1.165) is 5.56 Å². The Kier molecular flexibility index (Phi) is 2.99. The first kappa shape index (κ1) is 11.1. The lowest BCUT2D eigenvalue weighted by Gasteiger charge is -2.12. The summed E-state index contributed by atoms with van der Waals surface area (Å²) in [6, 6.07) is 3.19. The van der Waals surface area contributed by atoms with E-state index < -0.39 is 4.92 Å². The zero-order valence-corrected chi connectivity index (χ0v) is 9.12. The van der Waals surface area contributed by atoms with Gasteiger partial charge < -0.3 is 15.4 Å². The van der Waals surface area contributed by atoms with E-state index in [2.05, 4.69) is 20.5 Å². The molecular weight excluding hydrogens is 222 g/mol. The van der Waals surface area contributed by atoms with E-state index in [4.69, 9.17) is 0 Å². The summed E-state index contributed by atoms with van der Waals surface area (Å²) in [6.45, 7) is 1.89. The number of anilines is 1. The largest absolute Gasteiger partial charge is 0.386 e. The van der Waals surface area contributed by atoms with Gasteiger partial charge in [0.25, 0.3) is 0 Å². The van der Waals surface area contributed by atoms with Crippen LogP contribution in [-0.2, 0) is 0 Å². The summed E-state index contributed by atoms with van der Waals surface area (Å²) in [5.74, 6) is -0.178. The number of rotatable bonds is 4. The SMILES string of the molecule is CC(Nc1cccnc1[N+](=O)[O-])c1cn[nH]c1. The molecule has 0 aromatic carbocycles. The van der Waals surface area contributed by atoms with Crippen molar-refractivity contribution >= 4 is 11.5 Å². The van der Waals surface area contributed by atoms with E-state index in [1.54, 1.807) is 24.5 Å². The first-order valence-corrected chi connectivity index (χ1v) is 5.03. The summed E-state index contributed by atoms with van der Waals surface area (Å²) < 4.78 is 0. The number of aromatic amines is 1. The minimum absolute atomic E-state index is 0.0864. The number of nitrogens with zero attached hydrogens (tertiary/aromatic N) is 3. The predicted octanol–water partition coefficient (Wildman–Crippen LogP) is 1.89. The summed E-state index contributed by atoms with van der Waals surface area (Å²) >= 11 is 0. The van der Waals surface area contributed by atoms with Gasteiger partial charge in [0, 0.05) is 11.8 Å². The topological polar surface area (TPSA) is 96.7 Å². The lowest BCUT2D eigenvalue weighted by Crippen LogP contribution is -2.08. The summed E-state index contributed by atoms with van der Waals surface area (Å²) in [7, 11) is 0. The third kappa shape index (κ3) is 2.39. The molecule has 0 amide bonds. The average molecular weight is 233 g/mol. The highest BCUT2D eigenvalue weighted by molar-refractivity contribution is 5.57. The molecular formula is C10H11N5O2. The zero-order valence-electron chi connectivity index (χ0n) is 9.12. The van der Waals surface area contributed by atoms with Gasteiger partial charge >= 0.3 is 5.82 Å². The highest BCUT2D eigenvalue weighted by Gasteiger charge is 2.16. The quantitative estimate of drug-likeness (QED) is 0.620. The van der Waals surface area contributed by atoms with Crippen LogP contribution in [0.15, 0.2) is 30.7 Å². The van der Waals surface area contributed by atoms with Crippen molar-refractivity contribution in [2.75, 3.05) is 5.32 Å². The summed E-state index contributed by atoms with van der Waals surface area (Å²) in [5, 5.41) is 20.3. The monoisotopic (exact) mass is 233 g/mol. The first-order chi connectivity index (χ1) is 8.18. The third-order valence-corrected chi connectivity index (χ3v) is 2.35. The lowest BCUT2D eigenvalue weighted by molar-refractivity contribution is -0.388. The maximum absolute atomic E-state index is 10.8. The van der Waals surface area contributed by atoms with E-state index in [9.17, 15) is 10.1 Å². The fourth-order valence-corrected chi connectivity index (χ4v) is 1.47. The van der Waals surface area contributed by atoms with Crippen LogP contribution in [0.3, 0.4) is 0 Å². The second-order valence-electron chi connectivity index (χ2n) is 3.53. The lowest BCUT2D eigenvalue weighted by atomic mass is 10.2. The van der Waals surface area contributed by atoms with Crippen molar-refractivity contribution < 1.29 is 4.92 Å². The number of pyridine rings is 1. The molecule has 0 bridgehead atoms. The molecule has 0 fully saturated rings. The fraction of sp³-hybridized carbons (Fsp3) is 0.200. The maximum atomic E-state index is 10.8. The Balaban J connectivity index is 2.21. The molecule has 17 heavy (non-hydrogen) atoms. The van der Waals surface area contributed by atoms with Crippen LogP contribution in [0.25, 0.3) is 0 Å². The van der Waals surface area contributed by atoms with E-state index in [0.29, 0.717) is 5.69 Å². The van der Waals surface area contributed by atoms with Gasteiger partial charge in [0.2, 0.25) is 0 Å². The molecule has 0 saturated carbocycles. The number of nitro groups is 1. The van der Waals surface area contributed by atoms with Gasteiger partial charge in [0.05, 0.1) is 12.2 Å². The molecule has 1 atom stereocenters. The number of aromatic nitrogens is 3. The van der Waals surface area contributed by atoms with Gasteiger partial charge in [-0.15, -0.1) is 0 Å². The highest BCUT2D eigenvalue weighted by atomic mass is 16.6. The van der Waals surface area contributed by atoms with Gasteiger partial charge in [0.1, 0.15) is 11.9 Å². The maximum Gasteiger partial charge on any atom is 0.386 e. The molecule has 0 spiro atoms. The third-order valence-electron chi connectivity index (χ3n) is 2.35. The normalized spacial score (nSPS) is 12.1. The summed E-state index contributed by atoms with van der Waals surface area (Å²) in [5.41, 5.74) is 1.31. The van der Waals surface area contributed by atoms with Crippen molar-refractivity contribution in [3.63, 3.8) is 0 Å². The van der Waals surface area contributed by atoms with Gasteiger partial charge in [-0.05, 0) is 29.0 Å². The molecule has 7 nitrogen and oxygen atoms in total. The van der Waals surface area contributed by atoms with E-state index in [1.165, 1.54) is 6.20 Å². The van der Waals surface area contributed by atoms with Crippen LogP contribution < -0.4 is 5.32 Å². The Hall–Kier alpha value is -2.44. The average Bonchev–Trinajstić information content (AvgIpc) is 2.83. The van der Waals surface area contributed by atoms with Crippen LogP contribution in [0.4, 0.5) is 11.5 Å². The van der Waals surface area contributed by atoms with Gasteiger partial charge in [-0.3, -0.25) is 5.10 Å².